The number of carboxylic acids is 1. The second-order valence-corrected chi connectivity index (χ2v) is 5.90. The Morgan fingerprint density at radius 3 is 2.09 bits per heavy atom. The Bertz CT molecular complexity index is 356. The van der Waals surface area contributed by atoms with Gasteiger partial charge < -0.3 is 10.2 Å². The molecule has 2 N–H and O–H groups in total. The highest BCUT2D eigenvalue weighted by molar-refractivity contribution is 5.66. The average molecular weight is 322 g/mol. The van der Waals surface area contributed by atoms with Gasteiger partial charge in [-0.3, -0.25) is 4.79 Å². The molecule has 0 aliphatic heterocycles. The molecule has 0 bridgehead atoms. The minimum Gasteiger partial charge on any atom is -0.481 e. The van der Waals surface area contributed by atoms with Crippen LogP contribution in [0.4, 0.5) is 0 Å². The van der Waals surface area contributed by atoms with Gasteiger partial charge in [0.2, 0.25) is 0 Å². The van der Waals surface area contributed by atoms with Crippen molar-refractivity contribution in [2.45, 2.75) is 83.7 Å². The molecule has 0 radical (unpaired) electrons. The van der Waals surface area contributed by atoms with Crippen molar-refractivity contribution in [2.75, 3.05) is 0 Å². The third-order valence-corrected chi connectivity index (χ3v) is 3.61. The van der Waals surface area contributed by atoms with Crippen molar-refractivity contribution in [1.29, 1.82) is 0 Å². The summed E-state index contributed by atoms with van der Waals surface area (Å²) in [4.78, 5) is 10.3. The van der Waals surface area contributed by atoms with Gasteiger partial charge in [-0.25, -0.2) is 0 Å². The molecule has 0 aliphatic carbocycles. The summed E-state index contributed by atoms with van der Waals surface area (Å²) in [6, 6.07) is 0. The van der Waals surface area contributed by atoms with Gasteiger partial charge in [0.15, 0.2) is 0 Å². The molecule has 132 valence electrons. The number of allylic oxidation sites excluding steroid dienone is 6. The quantitative estimate of drug-likeness (QED) is 0.313. The van der Waals surface area contributed by atoms with E-state index >= 15 is 0 Å². The molecule has 0 heterocycles. The number of carboxylic acid groups (broad SMARTS) is 1. The van der Waals surface area contributed by atoms with Crippen molar-refractivity contribution in [3.8, 4) is 0 Å². The van der Waals surface area contributed by atoms with Crippen molar-refractivity contribution in [3.63, 3.8) is 0 Å². The van der Waals surface area contributed by atoms with Crippen molar-refractivity contribution >= 4 is 5.97 Å². The summed E-state index contributed by atoms with van der Waals surface area (Å²) in [6.07, 6.45) is 22.4. The Morgan fingerprint density at radius 2 is 1.48 bits per heavy atom. The van der Waals surface area contributed by atoms with Gasteiger partial charge in [-0.2, -0.15) is 0 Å². The maximum absolute atomic E-state index is 10.3. The van der Waals surface area contributed by atoms with Crippen LogP contribution < -0.4 is 0 Å². The highest BCUT2D eigenvalue weighted by Crippen LogP contribution is 2.08. The molecule has 0 aromatic heterocycles. The molecule has 1 atom stereocenters. The zero-order chi connectivity index (χ0) is 17.2. The van der Waals surface area contributed by atoms with E-state index in [1.807, 2.05) is 6.08 Å². The summed E-state index contributed by atoms with van der Waals surface area (Å²) in [5.74, 6) is -0.724. The first-order valence-electron chi connectivity index (χ1n) is 9.01. The Labute approximate surface area is 141 Å². The summed E-state index contributed by atoms with van der Waals surface area (Å²) in [7, 11) is 0. The molecule has 0 aromatic rings. The number of aliphatic hydroxyl groups excluding tert-OH is 1. The van der Waals surface area contributed by atoms with E-state index in [9.17, 15) is 9.90 Å². The second-order valence-electron chi connectivity index (χ2n) is 5.90. The number of unbranched alkanes of at least 4 members (excludes halogenated alkanes) is 3. The van der Waals surface area contributed by atoms with Crippen LogP contribution in [0.15, 0.2) is 36.5 Å². The van der Waals surface area contributed by atoms with E-state index in [0.717, 1.165) is 44.9 Å². The number of hydrogen-bond acceptors (Lipinski definition) is 2. The van der Waals surface area contributed by atoms with E-state index < -0.39 is 5.97 Å². The van der Waals surface area contributed by atoms with E-state index in [-0.39, 0.29) is 12.5 Å². The molecule has 0 aliphatic rings. The third-order valence-electron chi connectivity index (χ3n) is 3.61. The third kappa shape index (κ3) is 18.6. The second kappa shape index (κ2) is 17.0. The molecular formula is C20H34O3. The monoisotopic (exact) mass is 322 g/mol. The van der Waals surface area contributed by atoms with Gasteiger partial charge >= 0.3 is 5.97 Å². The molecule has 0 fully saturated rings. The highest BCUT2D eigenvalue weighted by Gasteiger charge is 2.01. The van der Waals surface area contributed by atoms with Crippen molar-refractivity contribution in [1.82, 2.24) is 0 Å². The van der Waals surface area contributed by atoms with Gasteiger partial charge in [-0.05, 0) is 44.9 Å². The summed E-state index contributed by atoms with van der Waals surface area (Å²) in [6.45, 7) is 2.18. The Hall–Kier alpha value is -1.35. The predicted molar refractivity (Wildman–Crippen MR) is 97.5 cm³/mol. The lowest BCUT2D eigenvalue weighted by atomic mass is 10.1. The lowest BCUT2D eigenvalue weighted by Gasteiger charge is -2.07. The molecule has 0 amide bonds. The highest BCUT2D eigenvalue weighted by atomic mass is 16.4. The maximum atomic E-state index is 10.3. The van der Waals surface area contributed by atoms with Gasteiger partial charge in [0, 0.05) is 6.42 Å². The molecule has 3 nitrogen and oxygen atoms in total. The minimum atomic E-state index is -0.724. The standard InChI is InChI=1S/C20H34O3/c1-2-3-13-16-19(21)17-14-11-9-7-5-4-6-8-10-12-15-18-20(22)23/h4-5,8-11,19,21H,2-3,6-7,12-18H2,1H3,(H,22,23). The lowest BCUT2D eigenvalue weighted by Crippen LogP contribution is -2.05. The van der Waals surface area contributed by atoms with Gasteiger partial charge in [-0.1, -0.05) is 62.6 Å². The fourth-order valence-electron chi connectivity index (χ4n) is 2.21. The van der Waals surface area contributed by atoms with Crippen LogP contribution in [-0.4, -0.2) is 22.3 Å². The fourth-order valence-corrected chi connectivity index (χ4v) is 2.21. The zero-order valence-electron chi connectivity index (χ0n) is 14.6. The average Bonchev–Trinajstić information content (AvgIpc) is 2.51. The van der Waals surface area contributed by atoms with Crippen LogP contribution in [0, 0.1) is 0 Å². The molecule has 1 unspecified atom stereocenters. The molecule has 0 saturated heterocycles. The van der Waals surface area contributed by atoms with Crippen LogP contribution in [0.2, 0.25) is 0 Å². The number of rotatable bonds is 15. The lowest BCUT2D eigenvalue weighted by molar-refractivity contribution is -0.137. The largest absolute Gasteiger partial charge is 0.481 e. The first kappa shape index (κ1) is 21.6. The SMILES string of the molecule is CCCCCC(O)CCC=CCC=CCC=CCCCC(=O)O. The van der Waals surface area contributed by atoms with Crippen LogP contribution in [0.3, 0.4) is 0 Å². The Kier molecular flexibility index (Phi) is 16.0. The van der Waals surface area contributed by atoms with Crippen LogP contribution >= 0.6 is 0 Å². The van der Waals surface area contributed by atoms with E-state index in [4.69, 9.17) is 5.11 Å². The Balaban J connectivity index is 3.44. The van der Waals surface area contributed by atoms with Crippen LogP contribution in [0.5, 0.6) is 0 Å². The molecule has 0 saturated carbocycles. The molecule has 3 heteroatoms. The first-order chi connectivity index (χ1) is 11.2. The first-order valence-corrected chi connectivity index (χ1v) is 9.01. The summed E-state index contributed by atoms with van der Waals surface area (Å²) < 4.78 is 0. The topological polar surface area (TPSA) is 57.5 Å². The molecule has 0 spiro atoms. The van der Waals surface area contributed by atoms with Crippen LogP contribution in [0.25, 0.3) is 0 Å². The normalized spacial score (nSPS) is 13.5. The summed E-state index contributed by atoms with van der Waals surface area (Å²) in [5, 5.41) is 18.3. The molecular weight excluding hydrogens is 288 g/mol. The number of aliphatic carboxylic acids is 1. The molecule has 0 rings (SSSR count). The van der Waals surface area contributed by atoms with Crippen molar-refractivity contribution in [2.24, 2.45) is 0 Å². The summed E-state index contributed by atoms with van der Waals surface area (Å²) >= 11 is 0. The fraction of sp³-hybridized carbons (Fsp3) is 0.650. The van der Waals surface area contributed by atoms with Gasteiger partial charge in [0.25, 0.3) is 0 Å². The Morgan fingerprint density at radius 1 is 0.870 bits per heavy atom. The van der Waals surface area contributed by atoms with E-state index in [0.29, 0.717) is 6.42 Å². The minimum absolute atomic E-state index is 0.145. The van der Waals surface area contributed by atoms with Gasteiger partial charge in [0.1, 0.15) is 0 Å². The zero-order valence-corrected chi connectivity index (χ0v) is 14.6. The van der Waals surface area contributed by atoms with Crippen LogP contribution in [0.1, 0.15) is 77.6 Å². The summed E-state index contributed by atoms with van der Waals surface area (Å²) in [5.41, 5.74) is 0. The predicted octanol–water partition coefficient (Wildman–Crippen LogP) is 5.41. The van der Waals surface area contributed by atoms with Crippen LogP contribution in [-0.2, 0) is 4.79 Å². The smallest absolute Gasteiger partial charge is 0.303 e. The number of aliphatic hydroxyl groups is 1. The van der Waals surface area contributed by atoms with Crippen molar-refractivity contribution in [3.05, 3.63) is 36.5 Å². The molecule has 23 heavy (non-hydrogen) atoms. The number of hydrogen-bond donors (Lipinski definition) is 2. The van der Waals surface area contributed by atoms with E-state index in [1.165, 1.54) is 12.8 Å². The molecule has 0 aromatic carbocycles. The maximum Gasteiger partial charge on any atom is 0.303 e. The van der Waals surface area contributed by atoms with E-state index in [2.05, 4.69) is 37.3 Å². The van der Waals surface area contributed by atoms with Crippen molar-refractivity contribution < 1.29 is 15.0 Å². The number of carbonyl (C=O) groups is 1. The van der Waals surface area contributed by atoms with Gasteiger partial charge in [-0.15, -0.1) is 0 Å². The van der Waals surface area contributed by atoms with E-state index in [1.54, 1.807) is 0 Å². The van der Waals surface area contributed by atoms with Gasteiger partial charge in [0.05, 0.1) is 6.10 Å².